The Bertz CT molecular complexity index is 999. The third-order valence-electron chi connectivity index (χ3n) is 5.60. The van der Waals surface area contributed by atoms with E-state index in [0.29, 0.717) is 42.5 Å². The summed E-state index contributed by atoms with van der Waals surface area (Å²) in [4.78, 5) is 45.9. The van der Waals surface area contributed by atoms with Crippen molar-refractivity contribution in [2.45, 2.75) is 19.4 Å². The molecule has 3 amide bonds. The molecule has 1 aliphatic rings. The monoisotopic (exact) mass is 473 g/mol. The van der Waals surface area contributed by atoms with Crippen LogP contribution >= 0.6 is 0 Å². The van der Waals surface area contributed by atoms with E-state index in [9.17, 15) is 14.4 Å². The number of carbonyl (C=O) groups is 3. The molecule has 0 aliphatic carbocycles. The Morgan fingerprint density at radius 2 is 1.85 bits per heavy atom. The first kappa shape index (κ1) is 25.2. The van der Waals surface area contributed by atoms with E-state index in [-0.39, 0.29) is 5.91 Å². The zero-order valence-electron chi connectivity index (χ0n) is 19.9. The van der Waals surface area contributed by atoms with Gasteiger partial charge in [0, 0.05) is 51.6 Å². The van der Waals surface area contributed by atoms with Crippen molar-refractivity contribution in [3.05, 3.63) is 30.8 Å². The summed E-state index contributed by atoms with van der Waals surface area (Å²) in [5.41, 5.74) is -0.232. The molecular weight excluding hydrogens is 442 g/mol. The molecule has 11 nitrogen and oxygen atoms in total. The number of hydrogen-bond donors (Lipinski definition) is 2. The second-order valence-corrected chi connectivity index (χ2v) is 8.44. The number of ether oxygens (including phenoxy) is 2. The van der Waals surface area contributed by atoms with Gasteiger partial charge in [0.15, 0.2) is 12.2 Å². The highest BCUT2D eigenvalue weighted by Gasteiger charge is 2.36. The molecule has 0 radical (unpaired) electrons. The fourth-order valence-electron chi connectivity index (χ4n) is 3.69. The van der Waals surface area contributed by atoms with Crippen molar-refractivity contribution in [2.75, 3.05) is 58.9 Å². The molecule has 0 unspecified atom stereocenters. The van der Waals surface area contributed by atoms with Crippen molar-refractivity contribution in [3.63, 3.8) is 0 Å². The first-order valence-electron chi connectivity index (χ1n) is 11.0. The van der Waals surface area contributed by atoms with E-state index in [1.807, 2.05) is 0 Å². The average Bonchev–Trinajstić information content (AvgIpc) is 3.37. The average molecular weight is 474 g/mol. The largest absolute Gasteiger partial charge is 0.496 e. The highest BCUT2D eigenvalue weighted by atomic mass is 16.5. The SMILES string of the molecule is COCCN1CCN(C(=O)C(C)(C)NC(=O)C(=O)Nc2ccc(-c3cnco3)c(OC)c2)CC1. The minimum Gasteiger partial charge on any atom is -0.496 e. The number of oxazole rings is 1. The maximum absolute atomic E-state index is 13.0. The first-order valence-corrected chi connectivity index (χ1v) is 11.0. The van der Waals surface area contributed by atoms with Gasteiger partial charge in [0.05, 0.1) is 25.5 Å². The van der Waals surface area contributed by atoms with E-state index in [1.165, 1.54) is 13.5 Å². The Hall–Kier alpha value is -3.44. The molecular formula is C23H31N5O6. The van der Waals surface area contributed by atoms with E-state index in [4.69, 9.17) is 13.9 Å². The predicted octanol–water partition coefficient (Wildman–Crippen LogP) is 0.974. The lowest BCUT2D eigenvalue weighted by atomic mass is 10.0. The lowest BCUT2D eigenvalue weighted by Gasteiger charge is -2.38. The number of piperazine rings is 1. The van der Waals surface area contributed by atoms with Crippen molar-refractivity contribution in [1.29, 1.82) is 0 Å². The molecule has 0 atom stereocenters. The molecule has 1 aromatic heterocycles. The number of aromatic nitrogens is 1. The molecule has 1 aliphatic heterocycles. The Kier molecular flexibility index (Phi) is 8.24. The van der Waals surface area contributed by atoms with Gasteiger partial charge in [0.1, 0.15) is 11.3 Å². The topological polar surface area (TPSA) is 126 Å². The van der Waals surface area contributed by atoms with Crippen LogP contribution in [-0.4, -0.2) is 91.6 Å². The van der Waals surface area contributed by atoms with E-state index < -0.39 is 17.4 Å². The van der Waals surface area contributed by atoms with Crippen LogP contribution in [0, 0.1) is 0 Å². The van der Waals surface area contributed by atoms with Gasteiger partial charge in [0.2, 0.25) is 5.91 Å². The van der Waals surface area contributed by atoms with E-state index in [1.54, 1.807) is 50.3 Å². The molecule has 11 heteroatoms. The maximum Gasteiger partial charge on any atom is 0.313 e. The number of hydrogen-bond acceptors (Lipinski definition) is 8. The molecule has 2 aromatic rings. The summed E-state index contributed by atoms with van der Waals surface area (Å²) in [6.07, 6.45) is 2.85. The number of methoxy groups -OCH3 is 2. The van der Waals surface area contributed by atoms with Gasteiger partial charge in [-0.3, -0.25) is 19.3 Å². The van der Waals surface area contributed by atoms with Crippen LogP contribution in [0.1, 0.15) is 13.8 Å². The Labute approximate surface area is 198 Å². The van der Waals surface area contributed by atoms with E-state index in [2.05, 4.69) is 20.5 Å². The minimum absolute atomic E-state index is 0.238. The summed E-state index contributed by atoms with van der Waals surface area (Å²) in [5.74, 6) is -1.09. The van der Waals surface area contributed by atoms with Crippen LogP contribution in [-0.2, 0) is 19.1 Å². The minimum atomic E-state index is -1.24. The summed E-state index contributed by atoms with van der Waals surface area (Å²) >= 11 is 0. The second-order valence-electron chi connectivity index (χ2n) is 8.44. The van der Waals surface area contributed by atoms with Gasteiger partial charge in [-0.25, -0.2) is 4.98 Å². The van der Waals surface area contributed by atoms with Crippen molar-refractivity contribution < 1.29 is 28.3 Å². The summed E-state index contributed by atoms with van der Waals surface area (Å²) in [7, 11) is 3.14. The van der Waals surface area contributed by atoms with Crippen LogP contribution in [0.3, 0.4) is 0 Å². The zero-order valence-corrected chi connectivity index (χ0v) is 19.9. The first-order chi connectivity index (χ1) is 16.2. The van der Waals surface area contributed by atoms with E-state index in [0.717, 1.165) is 19.6 Å². The molecule has 0 bridgehead atoms. The molecule has 0 saturated carbocycles. The molecule has 2 N–H and O–H groups in total. The Balaban J connectivity index is 1.57. The van der Waals surface area contributed by atoms with Gasteiger partial charge in [-0.05, 0) is 26.0 Å². The lowest BCUT2D eigenvalue weighted by Crippen LogP contribution is -2.61. The fourth-order valence-corrected chi connectivity index (χ4v) is 3.69. The van der Waals surface area contributed by atoms with Gasteiger partial charge in [-0.2, -0.15) is 0 Å². The molecule has 1 aromatic carbocycles. The number of nitrogens with one attached hydrogen (secondary N) is 2. The summed E-state index contributed by atoms with van der Waals surface area (Å²) < 4.78 is 15.7. The number of carbonyl (C=O) groups excluding carboxylic acids is 3. The smallest absolute Gasteiger partial charge is 0.313 e. The molecule has 1 fully saturated rings. The number of amides is 3. The highest BCUT2D eigenvalue weighted by Crippen LogP contribution is 2.32. The van der Waals surface area contributed by atoms with Crippen LogP contribution in [0.25, 0.3) is 11.3 Å². The normalized spacial score (nSPS) is 14.5. The highest BCUT2D eigenvalue weighted by molar-refractivity contribution is 6.40. The predicted molar refractivity (Wildman–Crippen MR) is 124 cm³/mol. The number of rotatable bonds is 8. The summed E-state index contributed by atoms with van der Waals surface area (Å²) in [6.45, 7) is 7.18. The van der Waals surface area contributed by atoms with Gasteiger partial charge in [-0.15, -0.1) is 0 Å². The Morgan fingerprint density at radius 3 is 2.47 bits per heavy atom. The molecule has 1 saturated heterocycles. The van der Waals surface area contributed by atoms with Crippen molar-refractivity contribution in [2.24, 2.45) is 0 Å². The number of benzene rings is 1. The van der Waals surface area contributed by atoms with E-state index >= 15 is 0 Å². The second kappa shape index (κ2) is 11.1. The van der Waals surface area contributed by atoms with Crippen LogP contribution in [0.5, 0.6) is 5.75 Å². The van der Waals surface area contributed by atoms with Crippen molar-refractivity contribution in [3.8, 4) is 17.1 Å². The third kappa shape index (κ3) is 6.12. The van der Waals surface area contributed by atoms with Gasteiger partial charge >= 0.3 is 11.8 Å². The Morgan fingerprint density at radius 1 is 1.12 bits per heavy atom. The molecule has 3 rings (SSSR count). The van der Waals surface area contributed by atoms with Gasteiger partial charge < -0.3 is 29.4 Å². The molecule has 184 valence electrons. The summed E-state index contributed by atoms with van der Waals surface area (Å²) in [6, 6.07) is 4.87. The molecule has 34 heavy (non-hydrogen) atoms. The number of nitrogens with zero attached hydrogens (tertiary/aromatic N) is 3. The van der Waals surface area contributed by atoms with Crippen molar-refractivity contribution >= 4 is 23.4 Å². The molecule has 2 heterocycles. The van der Waals surface area contributed by atoms with Crippen LogP contribution in [0.2, 0.25) is 0 Å². The van der Waals surface area contributed by atoms with Gasteiger partial charge in [-0.1, -0.05) is 0 Å². The lowest BCUT2D eigenvalue weighted by molar-refractivity contribution is -0.144. The third-order valence-corrected chi connectivity index (χ3v) is 5.60. The standard InChI is InChI=1S/C23H31N5O6/c1-23(2,22(31)28-9-7-27(8-10-28)11-12-32-3)26-21(30)20(29)25-16-5-6-17(18(13-16)33-4)19-14-24-15-34-19/h5-6,13-15H,7-12H2,1-4H3,(H,25,29)(H,26,30). The number of anilines is 1. The maximum atomic E-state index is 13.0. The van der Waals surface area contributed by atoms with Crippen LogP contribution in [0.4, 0.5) is 5.69 Å². The van der Waals surface area contributed by atoms with Crippen LogP contribution < -0.4 is 15.4 Å². The van der Waals surface area contributed by atoms with Crippen LogP contribution in [0.15, 0.2) is 35.2 Å². The quantitative estimate of drug-likeness (QED) is 0.544. The van der Waals surface area contributed by atoms with Gasteiger partial charge in [0.25, 0.3) is 0 Å². The summed E-state index contributed by atoms with van der Waals surface area (Å²) in [5, 5.41) is 5.09. The van der Waals surface area contributed by atoms with Crippen molar-refractivity contribution in [1.82, 2.24) is 20.1 Å². The fraction of sp³-hybridized carbons (Fsp3) is 0.478. The zero-order chi connectivity index (χ0) is 24.7. The molecule has 0 spiro atoms.